The molecule has 1 aliphatic carbocycles. The largest absolute Gasteiger partial charge is 0.325 e. The van der Waals surface area contributed by atoms with Crippen LogP contribution in [-0.4, -0.2) is 55.1 Å². The first kappa shape index (κ1) is 24.9. The Bertz CT molecular complexity index is 1290. The smallest absolute Gasteiger partial charge is 0.324 e. The Balaban J connectivity index is 1.54. The number of rotatable bonds is 7. The van der Waals surface area contributed by atoms with Gasteiger partial charge >= 0.3 is 6.03 Å². The molecule has 2 N–H and O–H groups in total. The number of amides is 4. The molecule has 0 saturated carbocycles. The van der Waals surface area contributed by atoms with Gasteiger partial charge in [-0.05, 0) is 55.0 Å². The maximum absolute atomic E-state index is 13.4. The molecule has 2 aliphatic rings. The number of sulfonamides is 1. The van der Waals surface area contributed by atoms with E-state index in [1.165, 1.54) is 16.4 Å². The summed E-state index contributed by atoms with van der Waals surface area (Å²) in [5.41, 5.74) is 1.61. The van der Waals surface area contributed by atoms with Crippen molar-refractivity contribution in [1.29, 1.82) is 0 Å². The van der Waals surface area contributed by atoms with Crippen molar-refractivity contribution in [3.05, 3.63) is 59.2 Å². The molecule has 2 aromatic carbocycles. The van der Waals surface area contributed by atoms with E-state index in [0.29, 0.717) is 30.8 Å². The minimum Gasteiger partial charge on any atom is -0.324 e. The molecule has 186 valence electrons. The van der Waals surface area contributed by atoms with Crippen LogP contribution in [-0.2, 0) is 31.6 Å². The molecule has 0 aromatic heterocycles. The normalized spacial score (nSPS) is 19.7. The Kier molecular flexibility index (Phi) is 6.70. The van der Waals surface area contributed by atoms with Crippen LogP contribution in [0.4, 0.5) is 10.5 Å². The third kappa shape index (κ3) is 4.32. The third-order valence-electron chi connectivity index (χ3n) is 6.78. The number of hydrogen-bond donors (Lipinski definition) is 2. The molecule has 1 atom stereocenters. The molecule has 2 aromatic rings. The lowest BCUT2D eigenvalue weighted by Gasteiger charge is -2.33. The molecule has 10 heteroatoms. The molecule has 35 heavy (non-hydrogen) atoms. The van der Waals surface area contributed by atoms with Gasteiger partial charge in [0.05, 0.1) is 4.90 Å². The fourth-order valence-electron chi connectivity index (χ4n) is 4.90. The van der Waals surface area contributed by atoms with Crippen molar-refractivity contribution in [3.63, 3.8) is 0 Å². The van der Waals surface area contributed by atoms with Crippen molar-refractivity contribution in [1.82, 2.24) is 14.5 Å². The molecule has 4 amide bonds. The van der Waals surface area contributed by atoms with E-state index in [9.17, 15) is 22.8 Å². The van der Waals surface area contributed by atoms with Gasteiger partial charge in [-0.3, -0.25) is 14.5 Å². The van der Waals surface area contributed by atoms with Crippen molar-refractivity contribution >= 4 is 33.6 Å². The first-order valence-corrected chi connectivity index (χ1v) is 13.2. The SMILES string of the molecule is CCN(CC)S(=O)(=O)c1ccc(C)c(NC(=O)CN2C(=O)NC3(CCCc4ccccc43)C2=O)c1. The standard InChI is InChI=1S/C25H30N4O5S/c1-4-28(5-2)35(33,34)19-13-12-17(3)21(15-19)26-22(30)16-29-23(31)25(27-24(29)32)14-8-10-18-9-6-7-11-20(18)25/h6-7,9,11-13,15H,4-5,8,10,14,16H2,1-3H3,(H,26,30)(H,27,32). The lowest BCUT2D eigenvalue weighted by Crippen LogP contribution is -2.47. The summed E-state index contributed by atoms with van der Waals surface area (Å²) in [5, 5.41) is 5.51. The van der Waals surface area contributed by atoms with Gasteiger partial charge in [0.1, 0.15) is 12.1 Å². The van der Waals surface area contributed by atoms with Gasteiger partial charge in [0.25, 0.3) is 5.91 Å². The van der Waals surface area contributed by atoms with Crippen LogP contribution in [0.25, 0.3) is 0 Å². The van der Waals surface area contributed by atoms with Crippen molar-refractivity contribution in [2.75, 3.05) is 25.0 Å². The van der Waals surface area contributed by atoms with Crippen LogP contribution in [0.15, 0.2) is 47.4 Å². The van der Waals surface area contributed by atoms with Crippen LogP contribution in [0.3, 0.4) is 0 Å². The zero-order valence-corrected chi connectivity index (χ0v) is 20.9. The minimum atomic E-state index is -3.71. The average Bonchev–Trinajstić information content (AvgIpc) is 3.06. The number of anilines is 1. The van der Waals surface area contributed by atoms with E-state index in [1.54, 1.807) is 26.8 Å². The van der Waals surface area contributed by atoms with Crippen LogP contribution >= 0.6 is 0 Å². The van der Waals surface area contributed by atoms with E-state index in [-0.39, 0.29) is 4.90 Å². The van der Waals surface area contributed by atoms with E-state index < -0.39 is 40.0 Å². The summed E-state index contributed by atoms with van der Waals surface area (Å²) in [4.78, 5) is 40.1. The molecule has 1 spiro atoms. The van der Waals surface area contributed by atoms with E-state index >= 15 is 0 Å². The van der Waals surface area contributed by atoms with Gasteiger partial charge in [-0.2, -0.15) is 4.31 Å². The van der Waals surface area contributed by atoms with Crippen LogP contribution in [0.2, 0.25) is 0 Å². The summed E-state index contributed by atoms with van der Waals surface area (Å²) < 4.78 is 27.1. The summed E-state index contributed by atoms with van der Waals surface area (Å²) in [7, 11) is -3.71. The number of aryl methyl sites for hydroxylation is 2. The number of benzene rings is 2. The minimum absolute atomic E-state index is 0.0647. The van der Waals surface area contributed by atoms with E-state index in [4.69, 9.17) is 0 Å². The summed E-state index contributed by atoms with van der Waals surface area (Å²) in [6.07, 6.45) is 2.04. The quantitative estimate of drug-likeness (QED) is 0.570. The fraction of sp³-hybridized carbons (Fsp3) is 0.400. The van der Waals surface area contributed by atoms with Crippen molar-refractivity contribution in [2.24, 2.45) is 0 Å². The molecule has 1 fully saturated rings. The second-order valence-electron chi connectivity index (χ2n) is 8.85. The van der Waals surface area contributed by atoms with Crippen molar-refractivity contribution in [2.45, 2.75) is 50.5 Å². The number of nitrogens with zero attached hydrogens (tertiary/aromatic N) is 2. The molecule has 0 radical (unpaired) electrons. The Morgan fingerprint density at radius 1 is 1.14 bits per heavy atom. The number of carbonyl (C=O) groups excluding carboxylic acids is 3. The zero-order valence-electron chi connectivity index (χ0n) is 20.1. The summed E-state index contributed by atoms with van der Waals surface area (Å²) in [6.45, 7) is 5.43. The fourth-order valence-corrected chi connectivity index (χ4v) is 6.38. The zero-order chi connectivity index (χ0) is 25.4. The second kappa shape index (κ2) is 9.43. The summed E-state index contributed by atoms with van der Waals surface area (Å²) in [6, 6.07) is 11.5. The number of nitrogens with one attached hydrogen (secondary N) is 2. The number of carbonyl (C=O) groups is 3. The highest BCUT2D eigenvalue weighted by Gasteiger charge is 2.54. The Morgan fingerprint density at radius 2 is 1.86 bits per heavy atom. The maximum Gasteiger partial charge on any atom is 0.325 e. The van der Waals surface area contributed by atoms with Gasteiger partial charge in [-0.15, -0.1) is 0 Å². The van der Waals surface area contributed by atoms with Gasteiger partial charge in [0.15, 0.2) is 0 Å². The van der Waals surface area contributed by atoms with Gasteiger partial charge in [0, 0.05) is 18.8 Å². The first-order valence-electron chi connectivity index (χ1n) is 11.8. The van der Waals surface area contributed by atoms with E-state index in [0.717, 1.165) is 28.9 Å². The number of imide groups is 1. The lowest BCUT2D eigenvalue weighted by atomic mass is 9.76. The monoisotopic (exact) mass is 498 g/mol. The van der Waals surface area contributed by atoms with Crippen LogP contribution in [0, 0.1) is 6.92 Å². The highest BCUT2D eigenvalue weighted by atomic mass is 32.2. The first-order chi connectivity index (χ1) is 16.6. The topological polar surface area (TPSA) is 116 Å². The maximum atomic E-state index is 13.4. The van der Waals surface area contributed by atoms with Gasteiger partial charge in [-0.1, -0.05) is 44.2 Å². The van der Waals surface area contributed by atoms with Crippen molar-refractivity contribution < 1.29 is 22.8 Å². The molecular formula is C25H30N4O5S. The highest BCUT2D eigenvalue weighted by molar-refractivity contribution is 7.89. The van der Waals surface area contributed by atoms with Crippen LogP contribution in [0.5, 0.6) is 0 Å². The highest BCUT2D eigenvalue weighted by Crippen LogP contribution is 2.39. The number of fused-ring (bicyclic) bond motifs is 2. The van der Waals surface area contributed by atoms with E-state index in [1.807, 2.05) is 24.3 Å². The summed E-state index contributed by atoms with van der Waals surface area (Å²) in [5.74, 6) is -1.03. The Labute approximate surface area is 205 Å². The number of urea groups is 1. The van der Waals surface area contributed by atoms with Gasteiger partial charge in [-0.25, -0.2) is 13.2 Å². The molecule has 4 rings (SSSR count). The Hall–Kier alpha value is -3.24. The van der Waals surface area contributed by atoms with Crippen LogP contribution in [0.1, 0.15) is 43.4 Å². The Morgan fingerprint density at radius 3 is 2.57 bits per heavy atom. The molecule has 1 heterocycles. The predicted molar refractivity (Wildman–Crippen MR) is 131 cm³/mol. The molecular weight excluding hydrogens is 468 g/mol. The van der Waals surface area contributed by atoms with Gasteiger partial charge in [0.2, 0.25) is 15.9 Å². The van der Waals surface area contributed by atoms with Crippen LogP contribution < -0.4 is 10.6 Å². The average molecular weight is 499 g/mol. The van der Waals surface area contributed by atoms with E-state index in [2.05, 4.69) is 10.6 Å². The second-order valence-corrected chi connectivity index (χ2v) is 10.8. The molecule has 9 nitrogen and oxygen atoms in total. The molecule has 1 saturated heterocycles. The molecule has 1 aliphatic heterocycles. The summed E-state index contributed by atoms with van der Waals surface area (Å²) >= 11 is 0. The molecule has 1 unspecified atom stereocenters. The molecule has 0 bridgehead atoms. The van der Waals surface area contributed by atoms with Gasteiger partial charge < -0.3 is 10.6 Å². The van der Waals surface area contributed by atoms with Crippen molar-refractivity contribution in [3.8, 4) is 0 Å². The predicted octanol–water partition coefficient (Wildman–Crippen LogP) is 2.75. The number of hydrogen-bond acceptors (Lipinski definition) is 5. The third-order valence-corrected chi connectivity index (χ3v) is 8.82. The lowest BCUT2D eigenvalue weighted by molar-refractivity contribution is -0.134.